The van der Waals surface area contributed by atoms with Gasteiger partial charge in [0, 0.05) is 24.2 Å². The normalized spacial score (nSPS) is 19.9. The number of alkyl halides is 5. The molecule has 1 heterocycles. The minimum Gasteiger partial charge on any atom is -0.434 e. The minimum absolute atomic E-state index is 0.0676. The standard InChI is InChI=1S/C26H34F5N3O3.O2S/c1-5-34-22(17(4)21(33-34)23(35)32-14-25(36)10-8-15(2)9-11-25)19-7-6-18(12-16(3)26(29,30)31)13-20(19)37-24(27)28;1-3-2/h6-7,13,15-16,24,36H,5,8-12,14H2,1-4H3,(H,32,35);/t15?,16-,25?;/m1./s1. The lowest BCUT2D eigenvalue weighted by atomic mass is 9.79. The summed E-state index contributed by atoms with van der Waals surface area (Å²) in [5.74, 6) is -1.95. The van der Waals surface area contributed by atoms with Gasteiger partial charge in [-0.1, -0.05) is 19.9 Å². The average molecular weight is 596 g/mol. The topological polar surface area (TPSA) is 111 Å². The Kier molecular flexibility index (Phi) is 11.8. The monoisotopic (exact) mass is 595 g/mol. The zero-order chi connectivity index (χ0) is 30.3. The number of benzene rings is 1. The first-order valence-electron chi connectivity index (χ1n) is 12.8. The van der Waals surface area contributed by atoms with Gasteiger partial charge in [0.1, 0.15) is 5.75 Å². The Morgan fingerprint density at radius 1 is 1.27 bits per heavy atom. The van der Waals surface area contributed by atoms with E-state index in [1.807, 2.05) is 0 Å². The van der Waals surface area contributed by atoms with Crippen LogP contribution in [-0.4, -0.2) is 54.1 Å². The van der Waals surface area contributed by atoms with E-state index in [0.717, 1.165) is 19.8 Å². The van der Waals surface area contributed by atoms with E-state index >= 15 is 0 Å². The van der Waals surface area contributed by atoms with E-state index in [2.05, 4.69) is 17.3 Å². The number of carbonyl (C=O) groups is 1. The Bertz CT molecular complexity index is 1190. The van der Waals surface area contributed by atoms with Crippen LogP contribution in [0.15, 0.2) is 18.2 Å². The van der Waals surface area contributed by atoms with Gasteiger partial charge < -0.3 is 15.2 Å². The molecule has 2 aromatic rings. The highest BCUT2D eigenvalue weighted by molar-refractivity contribution is 7.51. The molecule has 1 atom stereocenters. The lowest BCUT2D eigenvalue weighted by Gasteiger charge is -2.34. The summed E-state index contributed by atoms with van der Waals surface area (Å²) in [6.45, 7) is 3.69. The van der Waals surface area contributed by atoms with Gasteiger partial charge in [0.25, 0.3) is 5.91 Å². The second-order valence-corrected chi connectivity index (χ2v) is 10.3. The Morgan fingerprint density at radius 2 is 1.88 bits per heavy atom. The fourth-order valence-corrected chi connectivity index (χ4v) is 4.69. The van der Waals surface area contributed by atoms with Gasteiger partial charge >= 0.3 is 24.4 Å². The number of ether oxygens (including phenoxy) is 1. The van der Waals surface area contributed by atoms with Crippen molar-refractivity contribution in [3.63, 3.8) is 0 Å². The third-order valence-corrected chi connectivity index (χ3v) is 7.10. The van der Waals surface area contributed by atoms with E-state index in [9.17, 15) is 31.9 Å². The van der Waals surface area contributed by atoms with Crippen LogP contribution in [0.5, 0.6) is 5.75 Å². The number of nitrogens with one attached hydrogen (secondary N) is 1. The maximum absolute atomic E-state index is 13.2. The van der Waals surface area contributed by atoms with Gasteiger partial charge in [-0.2, -0.15) is 35.5 Å². The SMILES string of the molecule is CCn1nc(C(=O)NCC2(O)CCC(C)CC2)c(C)c1-c1ccc(C[C@@H](C)C(F)(F)F)cc1OC(F)F.O=S=O. The molecule has 0 spiro atoms. The van der Waals surface area contributed by atoms with Crippen molar-refractivity contribution in [1.29, 1.82) is 0 Å². The highest BCUT2D eigenvalue weighted by Crippen LogP contribution is 2.37. The number of nitrogens with zero attached hydrogens (tertiary/aromatic N) is 2. The quantitative estimate of drug-likeness (QED) is 0.385. The largest absolute Gasteiger partial charge is 0.434 e. The molecule has 0 radical (unpaired) electrons. The van der Waals surface area contributed by atoms with Crippen LogP contribution in [-0.2, 0) is 24.5 Å². The van der Waals surface area contributed by atoms with Gasteiger partial charge in [-0.25, -0.2) is 0 Å². The Labute approximate surface area is 232 Å². The summed E-state index contributed by atoms with van der Waals surface area (Å²) in [5, 5.41) is 17.9. The zero-order valence-electron chi connectivity index (χ0n) is 22.7. The number of hydrogen-bond donors (Lipinski definition) is 2. The fraction of sp³-hybridized carbons (Fsp3) is 0.615. The predicted molar refractivity (Wildman–Crippen MR) is 137 cm³/mol. The number of carbonyl (C=O) groups excluding carboxylic acids is 1. The molecule has 1 amide bonds. The van der Waals surface area contributed by atoms with Crippen molar-refractivity contribution in [3.05, 3.63) is 35.0 Å². The predicted octanol–water partition coefficient (Wildman–Crippen LogP) is 5.22. The number of aromatic nitrogens is 2. The summed E-state index contributed by atoms with van der Waals surface area (Å²) >= 11 is -0.750. The molecule has 1 aromatic heterocycles. The molecule has 1 aliphatic rings. The summed E-state index contributed by atoms with van der Waals surface area (Å²) < 4.78 is 88.3. The summed E-state index contributed by atoms with van der Waals surface area (Å²) in [6, 6.07) is 4.02. The fourth-order valence-electron chi connectivity index (χ4n) is 4.69. The van der Waals surface area contributed by atoms with Crippen molar-refractivity contribution in [2.24, 2.45) is 11.8 Å². The van der Waals surface area contributed by atoms with E-state index in [0.29, 0.717) is 36.6 Å². The molecule has 2 N–H and O–H groups in total. The van der Waals surface area contributed by atoms with E-state index in [-0.39, 0.29) is 29.1 Å². The molecule has 0 saturated heterocycles. The zero-order valence-corrected chi connectivity index (χ0v) is 23.5. The molecule has 0 bridgehead atoms. The molecule has 40 heavy (non-hydrogen) atoms. The van der Waals surface area contributed by atoms with Crippen LogP contribution >= 0.6 is 0 Å². The highest BCUT2D eigenvalue weighted by Gasteiger charge is 2.36. The molecular formula is C26H34F5N3O5S. The lowest BCUT2D eigenvalue weighted by Crippen LogP contribution is -2.45. The lowest BCUT2D eigenvalue weighted by molar-refractivity contribution is -0.169. The Hall–Kier alpha value is -2.87. The second-order valence-electron chi connectivity index (χ2n) is 10.2. The highest BCUT2D eigenvalue weighted by atomic mass is 32.1. The first kappa shape index (κ1) is 33.3. The van der Waals surface area contributed by atoms with Crippen molar-refractivity contribution in [2.45, 2.75) is 84.7 Å². The number of aryl methyl sites for hydroxylation is 1. The van der Waals surface area contributed by atoms with E-state index in [1.165, 1.54) is 22.9 Å². The first-order valence-corrected chi connectivity index (χ1v) is 13.5. The van der Waals surface area contributed by atoms with Crippen LogP contribution in [0.1, 0.15) is 68.1 Å². The number of rotatable bonds is 9. The molecule has 8 nitrogen and oxygen atoms in total. The minimum atomic E-state index is -4.43. The molecule has 1 aromatic carbocycles. The van der Waals surface area contributed by atoms with Gasteiger partial charge in [-0.15, -0.1) is 0 Å². The molecule has 14 heteroatoms. The molecule has 224 valence electrons. The van der Waals surface area contributed by atoms with Gasteiger partial charge in [0.05, 0.1) is 17.2 Å². The van der Waals surface area contributed by atoms with Gasteiger partial charge in [0.15, 0.2) is 5.69 Å². The molecule has 1 saturated carbocycles. The van der Waals surface area contributed by atoms with Gasteiger partial charge in [-0.05, 0) is 69.6 Å². The second kappa shape index (κ2) is 14.2. The van der Waals surface area contributed by atoms with E-state index in [4.69, 9.17) is 13.2 Å². The van der Waals surface area contributed by atoms with Crippen molar-refractivity contribution < 1.29 is 45.0 Å². The molecule has 3 rings (SSSR count). The van der Waals surface area contributed by atoms with Gasteiger partial charge in [0.2, 0.25) is 0 Å². The number of aliphatic hydroxyl groups is 1. The molecule has 1 aliphatic carbocycles. The van der Waals surface area contributed by atoms with E-state index in [1.54, 1.807) is 13.8 Å². The third-order valence-electron chi connectivity index (χ3n) is 7.10. The van der Waals surface area contributed by atoms with Crippen LogP contribution in [0.25, 0.3) is 11.3 Å². The van der Waals surface area contributed by atoms with E-state index < -0.39 is 48.2 Å². The van der Waals surface area contributed by atoms with Gasteiger partial charge in [-0.3, -0.25) is 9.48 Å². The Balaban J connectivity index is 0.00000178. The summed E-state index contributed by atoms with van der Waals surface area (Å²) in [5.41, 5.74) is 0.214. The summed E-state index contributed by atoms with van der Waals surface area (Å²) in [6.07, 6.45) is -1.93. The van der Waals surface area contributed by atoms with Crippen molar-refractivity contribution in [3.8, 4) is 17.0 Å². The van der Waals surface area contributed by atoms with Crippen LogP contribution in [0.4, 0.5) is 22.0 Å². The van der Waals surface area contributed by atoms with Crippen LogP contribution in [0, 0.1) is 18.8 Å². The maximum Gasteiger partial charge on any atom is 0.391 e. The van der Waals surface area contributed by atoms with Crippen molar-refractivity contribution >= 4 is 17.5 Å². The maximum atomic E-state index is 13.2. The van der Waals surface area contributed by atoms with Crippen molar-refractivity contribution in [2.75, 3.05) is 6.54 Å². The van der Waals surface area contributed by atoms with Crippen LogP contribution in [0.3, 0.4) is 0 Å². The average Bonchev–Trinajstić information content (AvgIpc) is 3.20. The number of halogens is 5. The smallest absolute Gasteiger partial charge is 0.391 e. The summed E-state index contributed by atoms with van der Waals surface area (Å²) in [7, 11) is 0. The Morgan fingerprint density at radius 3 is 2.40 bits per heavy atom. The number of amides is 1. The first-order chi connectivity index (χ1) is 18.7. The van der Waals surface area contributed by atoms with Crippen molar-refractivity contribution in [1.82, 2.24) is 15.1 Å². The molecule has 0 unspecified atom stereocenters. The molecular weight excluding hydrogens is 561 g/mol. The van der Waals surface area contributed by atoms with Crippen LogP contribution < -0.4 is 10.1 Å². The molecule has 1 fully saturated rings. The third kappa shape index (κ3) is 8.82. The number of hydrogen-bond acceptors (Lipinski definition) is 6. The van der Waals surface area contributed by atoms with Crippen LogP contribution in [0.2, 0.25) is 0 Å². The molecule has 0 aliphatic heterocycles. The summed E-state index contributed by atoms with van der Waals surface area (Å²) in [4.78, 5) is 13.0.